The Hall–Kier alpha value is -2.10. The lowest BCUT2D eigenvalue weighted by atomic mass is 10.1. The summed E-state index contributed by atoms with van der Waals surface area (Å²) in [5, 5.41) is 8.02. The molecule has 0 radical (unpaired) electrons. The SMILES string of the molecule is CCNC(=NCc1cccc(CN2CCCC2=O)c1)N(C)Cc1cn(C)nc1C(C)C.I. The topological polar surface area (TPSA) is 65.8 Å². The van der Waals surface area contributed by atoms with Crippen molar-refractivity contribution in [1.29, 1.82) is 0 Å². The zero-order valence-electron chi connectivity index (χ0n) is 20.0. The number of aryl methyl sites for hydroxylation is 1. The van der Waals surface area contributed by atoms with Gasteiger partial charge in [0.05, 0.1) is 12.2 Å². The summed E-state index contributed by atoms with van der Waals surface area (Å²) in [5.74, 6) is 1.52. The second-order valence-electron chi connectivity index (χ2n) is 8.63. The van der Waals surface area contributed by atoms with E-state index in [1.165, 1.54) is 11.1 Å². The van der Waals surface area contributed by atoms with Crippen molar-refractivity contribution in [2.45, 2.75) is 59.2 Å². The Balaban J connectivity index is 0.00000363. The summed E-state index contributed by atoms with van der Waals surface area (Å²) >= 11 is 0. The maximum atomic E-state index is 11.9. The minimum Gasteiger partial charge on any atom is -0.357 e. The van der Waals surface area contributed by atoms with Crippen LogP contribution in [0.15, 0.2) is 35.5 Å². The lowest BCUT2D eigenvalue weighted by Crippen LogP contribution is -2.38. The zero-order valence-corrected chi connectivity index (χ0v) is 22.3. The summed E-state index contributed by atoms with van der Waals surface area (Å²) in [7, 11) is 4.03. The van der Waals surface area contributed by atoms with Crippen molar-refractivity contribution in [3.05, 3.63) is 52.8 Å². The third-order valence-corrected chi connectivity index (χ3v) is 5.54. The van der Waals surface area contributed by atoms with Crippen LogP contribution in [0.2, 0.25) is 0 Å². The number of guanidine groups is 1. The molecule has 1 aliphatic heterocycles. The summed E-state index contributed by atoms with van der Waals surface area (Å²) in [6, 6.07) is 8.41. The van der Waals surface area contributed by atoms with Gasteiger partial charge in [0.1, 0.15) is 0 Å². The van der Waals surface area contributed by atoms with Gasteiger partial charge in [0.2, 0.25) is 5.91 Å². The van der Waals surface area contributed by atoms with Crippen LogP contribution in [0.3, 0.4) is 0 Å². The van der Waals surface area contributed by atoms with Gasteiger partial charge >= 0.3 is 0 Å². The van der Waals surface area contributed by atoms with Crippen LogP contribution in [0.25, 0.3) is 0 Å². The van der Waals surface area contributed by atoms with Crippen molar-refractivity contribution in [3.8, 4) is 0 Å². The first-order valence-electron chi connectivity index (χ1n) is 11.2. The van der Waals surface area contributed by atoms with Gasteiger partial charge in [-0.25, -0.2) is 4.99 Å². The largest absolute Gasteiger partial charge is 0.357 e. The molecule has 1 aliphatic rings. The molecule has 2 heterocycles. The molecule has 0 aliphatic carbocycles. The Morgan fingerprint density at radius 2 is 2.06 bits per heavy atom. The Kier molecular flexibility index (Phi) is 9.99. The highest BCUT2D eigenvalue weighted by Gasteiger charge is 2.20. The van der Waals surface area contributed by atoms with Gasteiger partial charge in [-0.1, -0.05) is 38.1 Å². The maximum absolute atomic E-state index is 11.9. The van der Waals surface area contributed by atoms with Crippen LogP contribution < -0.4 is 5.32 Å². The van der Waals surface area contributed by atoms with Crippen molar-refractivity contribution >= 4 is 35.8 Å². The van der Waals surface area contributed by atoms with Crippen molar-refractivity contribution in [3.63, 3.8) is 0 Å². The van der Waals surface area contributed by atoms with Gasteiger partial charge in [-0.15, -0.1) is 24.0 Å². The first-order chi connectivity index (χ1) is 14.9. The number of likely N-dealkylation sites (tertiary alicyclic amines) is 1. The first kappa shape index (κ1) is 26.2. The monoisotopic (exact) mass is 552 g/mol. The molecule has 176 valence electrons. The summed E-state index contributed by atoms with van der Waals surface area (Å²) in [5.41, 5.74) is 4.67. The van der Waals surface area contributed by atoms with Gasteiger partial charge in [-0.2, -0.15) is 5.10 Å². The highest BCUT2D eigenvalue weighted by Crippen LogP contribution is 2.19. The molecule has 3 rings (SSSR count). The third-order valence-electron chi connectivity index (χ3n) is 5.54. The second-order valence-corrected chi connectivity index (χ2v) is 8.63. The molecular formula is C24H37IN6O. The minimum atomic E-state index is 0. The lowest BCUT2D eigenvalue weighted by molar-refractivity contribution is -0.128. The van der Waals surface area contributed by atoms with E-state index in [1.807, 2.05) is 16.6 Å². The predicted molar refractivity (Wildman–Crippen MR) is 140 cm³/mol. The van der Waals surface area contributed by atoms with Gasteiger partial charge in [0.15, 0.2) is 5.96 Å². The Morgan fingerprint density at radius 1 is 1.31 bits per heavy atom. The molecule has 1 N–H and O–H groups in total. The normalized spacial score (nSPS) is 14.1. The highest BCUT2D eigenvalue weighted by atomic mass is 127. The fourth-order valence-electron chi connectivity index (χ4n) is 4.05. The predicted octanol–water partition coefficient (Wildman–Crippen LogP) is 3.88. The summed E-state index contributed by atoms with van der Waals surface area (Å²) < 4.78 is 1.89. The number of hydrogen-bond acceptors (Lipinski definition) is 3. The maximum Gasteiger partial charge on any atom is 0.222 e. The molecule has 0 spiro atoms. The molecule has 1 aromatic carbocycles. The molecule has 1 saturated heterocycles. The van der Waals surface area contributed by atoms with E-state index in [0.29, 0.717) is 25.4 Å². The van der Waals surface area contributed by atoms with E-state index >= 15 is 0 Å². The number of nitrogens with one attached hydrogen (secondary N) is 1. The molecule has 0 atom stereocenters. The lowest BCUT2D eigenvalue weighted by Gasteiger charge is -2.22. The molecule has 8 heteroatoms. The number of aliphatic imine (C=N–C) groups is 1. The average Bonchev–Trinajstić information content (AvgIpc) is 3.30. The first-order valence-corrected chi connectivity index (χ1v) is 11.2. The van der Waals surface area contributed by atoms with Crippen molar-refractivity contribution in [2.75, 3.05) is 20.1 Å². The highest BCUT2D eigenvalue weighted by molar-refractivity contribution is 14.0. The fourth-order valence-corrected chi connectivity index (χ4v) is 4.05. The van der Waals surface area contributed by atoms with E-state index in [4.69, 9.17) is 4.99 Å². The van der Waals surface area contributed by atoms with Gasteiger partial charge in [-0.05, 0) is 30.4 Å². The summed E-state index contributed by atoms with van der Waals surface area (Å²) in [4.78, 5) is 20.9. The molecule has 0 unspecified atom stereocenters. The number of rotatable bonds is 8. The number of benzene rings is 1. The molecule has 7 nitrogen and oxygen atoms in total. The van der Waals surface area contributed by atoms with Crippen molar-refractivity contribution < 1.29 is 4.79 Å². The van der Waals surface area contributed by atoms with Gasteiger partial charge in [-0.3, -0.25) is 9.48 Å². The number of carbonyl (C=O) groups is 1. The second kappa shape index (κ2) is 12.2. The summed E-state index contributed by atoms with van der Waals surface area (Å²) in [6.45, 7) is 10.1. The molecule has 32 heavy (non-hydrogen) atoms. The molecule has 1 fully saturated rings. The number of carbonyl (C=O) groups excluding carboxylic acids is 1. The van der Waals surface area contributed by atoms with Crippen LogP contribution in [0, 0.1) is 0 Å². The number of amides is 1. The Bertz CT molecular complexity index is 923. The van der Waals surface area contributed by atoms with Gasteiger partial charge in [0, 0.05) is 58.5 Å². The third kappa shape index (κ3) is 6.95. The van der Waals surface area contributed by atoms with E-state index in [1.54, 1.807) is 0 Å². The van der Waals surface area contributed by atoms with Gasteiger partial charge < -0.3 is 15.1 Å². The van der Waals surface area contributed by atoms with Crippen LogP contribution in [-0.4, -0.2) is 51.6 Å². The minimum absolute atomic E-state index is 0. The quantitative estimate of drug-likeness (QED) is 0.307. The van der Waals surface area contributed by atoms with E-state index in [2.05, 4.69) is 73.6 Å². The van der Waals surface area contributed by atoms with E-state index < -0.39 is 0 Å². The number of nitrogens with zero attached hydrogens (tertiary/aromatic N) is 5. The number of hydrogen-bond donors (Lipinski definition) is 1. The van der Waals surface area contributed by atoms with Crippen LogP contribution in [0.1, 0.15) is 61.9 Å². The molecular weight excluding hydrogens is 515 g/mol. The molecule has 0 bridgehead atoms. The smallest absolute Gasteiger partial charge is 0.222 e. The Morgan fingerprint density at radius 3 is 2.72 bits per heavy atom. The molecule has 0 saturated carbocycles. The van der Waals surface area contributed by atoms with Crippen LogP contribution in [-0.2, 0) is 31.5 Å². The van der Waals surface area contributed by atoms with E-state index in [0.717, 1.165) is 43.3 Å². The fraction of sp³-hybridized carbons (Fsp3) is 0.542. The standard InChI is InChI=1S/C24H36N6O.HI/c1-6-25-24(28(4)16-21-17-29(5)27-23(21)18(2)3)26-14-19-9-7-10-20(13-19)15-30-12-8-11-22(30)31;/h7,9-10,13,17-18H,6,8,11-12,14-16H2,1-5H3,(H,25,26);1H. The summed E-state index contributed by atoms with van der Waals surface area (Å²) in [6.07, 6.45) is 3.74. The van der Waals surface area contributed by atoms with Crippen LogP contribution >= 0.6 is 24.0 Å². The van der Waals surface area contributed by atoms with Gasteiger partial charge in [0.25, 0.3) is 0 Å². The molecule has 2 aromatic rings. The van der Waals surface area contributed by atoms with E-state index in [-0.39, 0.29) is 29.9 Å². The van der Waals surface area contributed by atoms with Crippen molar-refractivity contribution in [1.82, 2.24) is 24.9 Å². The zero-order chi connectivity index (χ0) is 22.4. The average molecular weight is 553 g/mol. The molecule has 1 amide bonds. The van der Waals surface area contributed by atoms with E-state index in [9.17, 15) is 4.79 Å². The number of halogens is 1. The van der Waals surface area contributed by atoms with Crippen molar-refractivity contribution in [2.24, 2.45) is 12.0 Å². The number of aromatic nitrogens is 2. The Labute approximate surface area is 209 Å². The van der Waals surface area contributed by atoms with Crippen LogP contribution in [0.4, 0.5) is 0 Å². The van der Waals surface area contributed by atoms with Crippen LogP contribution in [0.5, 0.6) is 0 Å². The molecule has 1 aromatic heterocycles.